The summed E-state index contributed by atoms with van der Waals surface area (Å²) in [5.41, 5.74) is 0.492. The Balaban J connectivity index is 2.06. The van der Waals surface area contributed by atoms with Gasteiger partial charge in [0.2, 0.25) is 0 Å². The van der Waals surface area contributed by atoms with E-state index >= 15 is 0 Å². The molecule has 1 heterocycles. The molecule has 122 valence electrons. The van der Waals surface area contributed by atoms with Crippen LogP contribution in [0.15, 0.2) is 12.1 Å². The smallest absolute Gasteiger partial charge is 0.318 e. The molecular weight excluding hydrogens is 330 g/mol. The van der Waals surface area contributed by atoms with E-state index in [1.807, 2.05) is 13.8 Å². The van der Waals surface area contributed by atoms with E-state index in [0.29, 0.717) is 23.7 Å². The van der Waals surface area contributed by atoms with Gasteiger partial charge >= 0.3 is 6.03 Å². The molecule has 0 saturated carbocycles. The number of carbonyl (C=O) groups is 1. The number of hydrogen-bond acceptors (Lipinski definition) is 2. The minimum Gasteiger partial charge on any atom is -0.372 e. The van der Waals surface area contributed by atoms with Crippen LogP contribution in [0.4, 0.5) is 9.18 Å². The summed E-state index contributed by atoms with van der Waals surface area (Å²) in [6.45, 7) is 6.63. The number of amides is 2. The fourth-order valence-corrected chi connectivity index (χ4v) is 3.11. The maximum absolute atomic E-state index is 13.6. The highest BCUT2D eigenvalue weighted by molar-refractivity contribution is 6.35. The molecule has 3 unspecified atom stereocenters. The van der Waals surface area contributed by atoms with Crippen molar-refractivity contribution in [3.8, 4) is 0 Å². The number of urea groups is 1. The summed E-state index contributed by atoms with van der Waals surface area (Å²) in [4.78, 5) is 14.0. The van der Waals surface area contributed by atoms with E-state index in [1.54, 1.807) is 11.8 Å². The molecule has 22 heavy (non-hydrogen) atoms. The van der Waals surface area contributed by atoms with Crippen molar-refractivity contribution in [3.05, 3.63) is 33.6 Å². The van der Waals surface area contributed by atoms with Crippen LogP contribution in [0.5, 0.6) is 0 Å². The average molecular weight is 349 g/mol. The van der Waals surface area contributed by atoms with Crippen LogP contribution >= 0.6 is 23.2 Å². The summed E-state index contributed by atoms with van der Waals surface area (Å²) >= 11 is 11.8. The average Bonchev–Trinajstić information content (AvgIpc) is 2.41. The standard InChI is InChI=1S/C15H19Cl2FN2O2/c1-8-6-20(7-9(2)22-8)15(21)19-10(3)11-4-14(18)13(17)5-12(11)16/h4-5,8-10H,6-7H2,1-3H3,(H,19,21). The maximum atomic E-state index is 13.6. The van der Waals surface area contributed by atoms with Gasteiger partial charge in [-0.25, -0.2) is 9.18 Å². The Morgan fingerprint density at radius 1 is 1.32 bits per heavy atom. The predicted molar refractivity (Wildman–Crippen MR) is 84.9 cm³/mol. The molecule has 2 amide bonds. The SMILES string of the molecule is CC1CN(C(=O)NC(C)c2cc(F)c(Cl)cc2Cl)CC(C)O1. The second kappa shape index (κ2) is 7.02. The molecule has 1 aliphatic heterocycles. The summed E-state index contributed by atoms with van der Waals surface area (Å²) in [5.74, 6) is -0.559. The van der Waals surface area contributed by atoms with Crippen LogP contribution in [-0.4, -0.2) is 36.2 Å². The zero-order valence-corrected chi connectivity index (χ0v) is 14.2. The van der Waals surface area contributed by atoms with Crippen LogP contribution in [0.2, 0.25) is 10.0 Å². The van der Waals surface area contributed by atoms with Crippen LogP contribution in [0.3, 0.4) is 0 Å². The lowest BCUT2D eigenvalue weighted by molar-refractivity contribution is -0.0547. The summed E-state index contributed by atoms with van der Waals surface area (Å²) in [6, 6.07) is 1.94. The van der Waals surface area contributed by atoms with Gasteiger partial charge in [0.15, 0.2) is 0 Å². The molecule has 3 atom stereocenters. The lowest BCUT2D eigenvalue weighted by Gasteiger charge is -2.36. The number of nitrogens with one attached hydrogen (secondary N) is 1. The third kappa shape index (κ3) is 4.03. The highest BCUT2D eigenvalue weighted by Crippen LogP contribution is 2.28. The monoisotopic (exact) mass is 348 g/mol. The van der Waals surface area contributed by atoms with Gasteiger partial charge in [0.25, 0.3) is 0 Å². The van der Waals surface area contributed by atoms with Crippen molar-refractivity contribution < 1.29 is 13.9 Å². The molecular formula is C15H19Cl2FN2O2. The van der Waals surface area contributed by atoms with Crippen molar-refractivity contribution in [1.82, 2.24) is 10.2 Å². The quantitative estimate of drug-likeness (QED) is 0.820. The molecule has 0 aromatic heterocycles. The van der Waals surface area contributed by atoms with Crippen molar-refractivity contribution in [3.63, 3.8) is 0 Å². The Labute approximate surface area is 139 Å². The minimum absolute atomic E-state index is 0.0126. The number of halogens is 3. The van der Waals surface area contributed by atoms with Crippen molar-refractivity contribution in [2.75, 3.05) is 13.1 Å². The van der Waals surface area contributed by atoms with E-state index in [1.165, 1.54) is 12.1 Å². The van der Waals surface area contributed by atoms with E-state index in [9.17, 15) is 9.18 Å². The molecule has 1 aromatic rings. The van der Waals surface area contributed by atoms with Crippen LogP contribution in [-0.2, 0) is 4.74 Å². The molecule has 4 nitrogen and oxygen atoms in total. The topological polar surface area (TPSA) is 41.6 Å². The Hall–Kier alpha value is -1.04. The molecule has 0 radical (unpaired) electrons. The third-order valence-corrected chi connectivity index (χ3v) is 4.17. The summed E-state index contributed by atoms with van der Waals surface area (Å²) in [6.07, 6.45) is -0.0252. The fraction of sp³-hybridized carbons (Fsp3) is 0.533. The predicted octanol–water partition coefficient (Wildman–Crippen LogP) is 4.01. The van der Waals surface area contributed by atoms with Gasteiger partial charge in [0, 0.05) is 18.1 Å². The molecule has 1 fully saturated rings. The Bertz CT molecular complexity index is 561. The molecule has 1 aromatic carbocycles. The largest absolute Gasteiger partial charge is 0.372 e. The Morgan fingerprint density at radius 2 is 1.91 bits per heavy atom. The van der Waals surface area contributed by atoms with Crippen molar-refractivity contribution in [2.24, 2.45) is 0 Å². The first kappa shape index (κ1) is 17.3. The second-order valence-corrected chi connectivity index (χ2v) is 6.44. The van der Waals surface area contributed by atoms with Gasteiger partial charge in [-0.15, -0.1) is 0 Å². The molecule has 7 heteroatoms. The summed E-state index contributed by atoms with van der Waals surface area (Å²) in [7, 11) is 0. The molecule has 0 aliphatic carbocycles. The first-order valence-electron chi connectivity index (χ1n) is 7.13. The van der Waals surface area contributed by atoms with Gasteiger partial charge in [0.05, 0.1) is 23.3 Å². The Morgan fingerprint density at radius 3 is 2.50 bits per heavy atom. The highest BCUT2D eigenvalue weighted by atomic mass is 35.5. The van der Waals surface area contributed by atoms with Crippen LogP contribution in [0, 0.1) is 5.82 Å². The van der Waals surface area contributed by atoms with Crippen molar-refractivity contribution >= 4 is 29.2 Å². The first-order chi connectivity index (χ1) is 10.3. The lowest BCUT2D eigenvalue weighted by atomic mass is 10.1. The van der Waals surface area contributed by atoms with Gasteiger partial charge in [-0.3, -0.25) is 0 Å². The van der Waals surface area contributed by atoms with E-state index in [2.05, 4.69) is 5.32 Å². The second-order valence-electron chi connectivity index (χ2n) is 5.62. The number of hydrogen-bond donors (Lipinski definition) is 1. The van der Waals surface area contributed by atoms with E-state index in [-0.39, 0.29) is 23.3 Å². The van der Waals surface area contributed by atoms with Crippen molar-refractivity contribution in [1.29, 1.82) is 0 Å². The van der Waals surface area contributed by atoms with E-state index < -0.39 is 11.9 Å². The van der Waals surface area contributed by atoms with Crippen LogP contribution < -0.4 is 5.32 Å². The molecule has 0 bridgehead atoms. The van der Waals surface area contributed by atoms with Gasteiger partial charge in [-0.1, -0.05) is 23.2 Å². The summed E-state index contributed by atoms with van der Waals surface area (Å²) in [5, 5.41) is 3.12. The molecule has 1 aliphatic rings. The number of nitrogens with zero attached hydrogens (tertiary/aromatic N) is 1. The maximum Gasteiger partial charge on any atom is 0.318 e. The Kier molecular flexibility index (Phi) is 5.53. The number of rotatable bonds is 2. The zero-order valence-electron chi connectivity index (χ0n) is 12.7. The van der Waals surface area contributed by atoms with E-state index in [0.717, 1.165) is 0 Å². The normalized spacial score (nSPS) is 23.3. The van der Waals surface area contributed by atoms with Gasteiger partial charge < -0.3 is 15.0 Å². The lowest BCUT2D eigenvalue weighted by Crippen LogP contribution is -2.52. The number of benzene rings is 1. The van der Waals surface area contributed by atoms with Gasteiger partial charge in [-0.05, 0) is 38.5 Å². The van der Waals surface area contributed by atoms with Crippen LogP contribution in [0.25, 0.3) is 0 Å². The number of morpholine rings is 1. The van der Waals surface area contributed by atoms with Crippen LogP contribution in [0.1, 0.15) is 32.4 Å². The molecule has 1 N–H and O–H groups in total. The van der Waals surface area contributed by atoms with Gasteiger partial charge in [0.1, 0.15) is 5.82 Å². The van der Waals surface area contributed by atoms with Gasteiger partial charge in [-0.2, -0.15) is 0 Å². The fourth-order valence-electron chi connectivity index (χ4n) is 2.57. The molecule has 2 rings (SSSR count). The third-order valence-electron chi connectivity index (χ3n) is 3.55. The highest BCUT2D eigenvalue weighted by Gasteiger charge is 2.27. The number of carbonyl (C=O) groups excluding carboxylic acids is 1. The minimum atomic E-state index is -0.559. The molecule has 1 saturated heterocycles. The van der Waals surface area contributed by atoms with Crippen molar-refractivity contribution in [2.45, 2.75) is 39.0 Å². The number of ether oxygens (including phenoxy) is 1. The first-order valence-corrected chi connectivity index (χ1v) is 7.89. The van der Waals surface area contributed by atoms with E-state index in [4.69, 9.17) is 27.9 Å². The molecule has 0 spiro atoms. The summed E-state index contributed by atoms with van der Waals surface area (Å²) < 4.78 is 19.2. The zero-order chi connectivity index (χ0) is 16.4.